The quantitative estimate of drug-likeness (QED) is 0.710. The maximum Gasteiger partial charge on any atom is 0.357 e. The molecule has 19 heavy (non-hydrogen) atoms. The Morgan fingerprint density at radius 3 is 2.26 bits per heavy atom. The van der Waals surface area contributed by atoms with E-state index < -0.39 is 11.9 Å². The van der Waals surface area contributed by atoms with Gasteiger partial charge in [0.1, 0.15) is 12.1 Å². The van der Waals surface area contributed by atoms with Crippen LogP contribution >= 0.6 is 0 Å². The molecule has 0 fully saturated rings. The van der Waals surface area contributed by atoms with Gasteiger partial charge in [-0.15, -0.1) is 0 Å². The molecule has 0 unspecified atom stereocenters. The number of carbonyl (C=O) groups is 3. The zero-order valence-electron chi connectivity index (χ0n) is 11.1. The van der Waals surface area contributed by atoms with Crippen LogP contribution in [-0.4, -0.2) is 40.7 Å². The lowest BCUT2D eigenvalue weighted by Gasteiger charge is -2.07. The van der Waals surface area contributed by atoms with Crippen LogP contribution in [0.4, 0.5) is 0 Å². The van der Waals surface area contributed by atoms with Gasteiger partial charge in [-0.2, -0.15) is 5.10 Å². The number of aromatic nitrogens is 2. The van der Waals surface area contributed by atoms with Gasteiger partial charge in [0, 0.05) is 0 Å². The SMILES string of the molecule is CCOC(=O)c1cnn(CC(C)=O)c1C(=O)OCC. The second-order valence-electron chi connectivity index (χ2n) is 3.71. The van der Waals surface area contributed by atoms with E-state index in [1.165, 1.54) is 13.1 Å². The topological polar surface area (TPSA) is 87.5 Å². The van der Waals surface area contributed by atoms with Crippen LogP contribution in [0, 0.1) is 0 Å². The molecule has 0 atom stereocenters. The average molecular weight is 268 g/mol. The number of hydrogen-bond acceptors (Lipinski definition) is 6. The lowest BCUT2D eigenvalue weighted by Crippen LogP contribution is -2.20. The molecule has 0 N–H and O–H groups in total. The number of carbonyl (C=O) groups excluding carboxylic acids is 3. The predicted molar refractivity (Wildman–Crippen MR) is 64.8 cm³/mol. The molecule has 0 spiro atoms. The summed E-state index contributed by atoms with van der Waals surface area (Å²) in [6.07, 6.45) is 1.20. The highest BCUT2D eigenvalue weighted by molar-refractivity contribution is 6.02. The number of ketones is 1. The Bertz CT molecular complexity index is 492. The normalized spacial score (nSPS) is 10.1. The molecule has 0 aliphatic carbocycles. The summed E-state index contributed by atoms with van der Waals surface area (Å²) in [5.74, 6) is -1.56. The highest BCUT2D eigenvalue weighted by Crippen LogP contribution is 2.12. The van der Waals surface area contributed by atoms with Gasteiger partial charge in [-0.3, -0.25) is 4.79 Å². The second kappa shape index (κ2) is 6.67. The van der Waals surface area contributed by atoms with Crippen molar-refractivity contribution in [3.8, 4) is 0 Å². The molecule has 0 aliphatic heterocycles. The fourth-order valence-corrected chi connectivity index (χ4v) is 1.49. The van der Waals surface area contributed by atoms with Crippen LogP contribution in [0.1, 0.15) is 41.6 Å². The fraction of sp³-hybridized carbons (Fsp3) is 0.500. The van der Waals surface area contributed by atoms with Gasteiger partial charge in [0.05, 0.1) is 19.4 Å². The number of rotatable bonds is 6. The largest absolute Gasteiger partial charge is 0.462 e. The maximum atomic E-state index is 11.8. The second-order valence-corrected chi connectivity index (χ2v) is 3.71. The fourth-order valence-electron chi connectivity index (χ4n) is 1.49. The lowest BCUT2D eigenvalue weighted by atomic mass is 10.2. The molecule has 0 aliphatic rings. The number of nitrogens with zero attached hydrogens (tertiary/aromatic N) is 2. The molecule has 0 aromatic carbocycles. The average Bonchev–Trinajstić information content (AvgIpc) is 2.72. The van der Waals surface area contributed by atoms with E-state index in [0.717, 1.165) is 4.68 Å². The maximum absolute atomic E-state index is 11.8. The van der Waals surface area contributed by atoms with E-state index in [1.54, 1.807) is 13.8 Å². The van der Waals surface area contributed by atoms with Gasteiger partial charge >= 0.3 is 11.9 Å². The minimum atomic E-state index is -0.704. The molecule has 0 amide bonds. The van der Waals surface area contributed by atoms with Gasteiger partial charge < -0.3 is 9.47 Å². The van der Waals surface area contributed by atoms with Gasteiger partial charge in [-0.05, 0) is 20.8 Å². The Labute approximate surface area is 110 Å². The van der Waals surface area contributed by atoms with E-state index in [1.807, 2.05) is 0 Å². The molecule has 0 saturated heterocycles. The van der Waals surface area contributed by atoms with E-state index in [9.17, 15) is 14.4 Å². The molecular formula is C12H16N2O5. The first-order valence-corrected chi connectivity index (χ1v) is 5.90. The van der Waals surface area contributed by atoms with Gasteiger partial charge in [0.15, 0.2) is 11.5 Å². The van der Waals surface area contributed by atoms with Gasteiger partial charge in [-0.1, -0.05) is 0 Å². The van der Waals surface area contributed by atoms with E-state index in [2.05, 4.69) is 5.10 Å². The third-order valence-electron chi connectivity index (χ3n) is 2.18. The molecule has 7 nitrogen and oxygen atoms in total. The van der Waals surface area contributed by atoms with Crippen molar-refractivity contribution in [2.24, 2.45) is 0 Å². The number of hydrogen-bond donors (Lipinski definition) is 0. The molecular weight excluding hydrogens is 252 g/mol. The molecule has 1 rings (SSSR count). The minimum absolute atomic E-state index is 0.00144. The zero-order chi connectivity index (χ0) is 14.4. The van der Waals surface area contributed by atoms with Crippen LogP contribution in [-0.2, 0) is 20.8 Å². The summed E-state index contributed by atoms with van der Waals surface area (Å²) in [6.45, 7) is 4.90. The highest BCUT2D eigenvalue weighted by atomic mass is 16.5. The first kappa shape index (κ1) is 14.9. The summed E-state index contributed by atoms with van der Waals surface area (Å²) in [5.41, 5.74) is -0.0583. The van der Waals surface area contributed by atoms with Crippen molar-refractivity contribution in [3.63, 3.8) is 0 Å². The Balaban J connectivity index is 3.17. The van der Waals surface area contributed by atoms with Crippen LogP contribution in [0.2, 0.25) is 0 Å². The predicted octanol–water partition coefficient (Wildman–Crippen LogP) is 0.825. The van der Waals surface area contributed by atoms with Crippen LogP contribution in [0.3, 0.4) is 0 Å². The van der Waals surface area contributed by atoms with Crippen LogP contribution < -0.4 is 0 Å². The molecule has 0 radical (unpaired) electrons. The molecule has 1 aromatic heterocycles. The first-order chi connectivity index (χ1) is 9.01. The summed E-state index contributed by atoms with van der Waals surface area (Å²) in [5, 5.41) is 3.86. The first-order valence-electron chi connectivity index (χ1n) is 5.90. The van der Waals surface area contributed by atoms with Crippen molar-refractivity contribution >= 4 is 17.7 Å². The Hall–Kier alpha value is -2.18. The molecule has 0 bridgehead atoms. The van der Waals surface area contributed by atoms with Crippen LogP contribution in [0.5, 0.6) is 0 Å². The van der Waals surface area contributed by atoms with E-state index >= 15 is 0 Å². The van der Waals surface area contributed by atoms with E-state index in [4.69, 9.17) is 9.47 Å². The molecule has 1 heterocycles. The molecule has 7 heteroatoms. The van der Waals surface area contributed by atoms with Gasteiger partial charge in [0.2, 0.25) is 0 Å². The van der Waals surface area contributed by atoms with Crippen LogP contribution in [0.15, 0.2) is 6.20 Å². The van der Waals surface area contributed by atoms with Gasteiger partial charge in [0.25, 0.3) is 0 Å². The summed E-state index contributed by atoms with van der Waals surface area (Å²) >= 11 is 0. The van der Waals surface area contributed by atoms with E-state index in [-0.39, 0.29) is 36.8 Å². The number of ether oxygens (including phenoxy) is 2. The molecule has 1 aromatic rings. The Kier molecular flexibility index (Phi) is 5.23. The summed E-state index contributed by atoms with van der Waals surface area (Å²) in [7, 11) is 0. The highest BCUT2D eigenvalue weighted by Gasteiger charge is 2.25. The Morgan fingerprint density at radius 2 is 1.74 bits per heavy atom. The van der Waals surface area contributed by atoms with Crippen molar-refractivity contribution in [2.75, 3.05) is 13.2 Å². The number of esters is 2. The molecule has 0 saturated carbocycles. The van der Waals surface area contributed by atoms with Crippen molar-refractivity contribution in [1.82, 2.24) is 9.78 Å². The minimum Gasteiger partial charge on any atom is -0.462 e. The van der Waals surface area contributed by atoms with Crippen molar-refractivity contribution < 1.29 is 23.9 Å². The summed E-state index contributed by atoms with van der Waals surface area (Å²) in [6, 6.07) is 0. The summed E-state index contributed by atoms with van der Waals surface area (Å²) < 4.78 is 10.8. The van der Waals surface area contributed by atoms with Crippen molar-refractivity contribution in [2.45, 2.75) is 27.3 Å². The van der Waals surface area contributed by atoms with Crippen molar-refractivity contribution in [3.05, 3.63) is 17.5 Å². The third kappa shape index (κ3) is 3.64. The third-order valence-corrected chi connectivity index (χ3v) is 2.18. The van der Waals surface area contributed by atoms with Crippen molar-refractivity contribution in [1.29, 1.82) is 0 Å². The molecule has 104 valence electrons. The zero-order valence-corrected chi connectivity index (χ0v) is 11.1. The van der Waals surface area contributed by atoms with Gasteiger partial charge in [-0.25, -0.2) is 14.3 Å². The Morgan fingerprint density at radius 1 is 1.16 bits per heavy atom. The lowest BCUT2D eigenvalue weighted by molar-refractivity contribution is -0.117. The number of Topliss-reactive ketones (excluding diaryl/α,β-unsaturated/α-hetero) is 1. The monoisotopic (exact) mass is 268 g/mol. The smallest absolute Gasteiger partial charge is 0.357 e. The summed E-state index contributed by atoms with van der Waals surface area (Å²) in [4.78, 5) is 34.7. The standard InChI is InChI=1S/C12H16N2O5/c1-4-18-11(16)9-6-13-14(7-8(3)15)10(9)12(17)19-5-2/h6H,4-5,7H2,1-3H3. The van der Waals surface area contributed by atoms with Crippen LogP contribution in [0.25, 0.3) is 0 Å². The van der Waals surface area contributed by atoms with E-state index in [0.29, 0.717) is 0 Å².